The van der Waals surface area contributed by atoms with Crippen molar-refractivity contribution in [1.82, 2.24) is 4.98 Å². The molecule has 24 heavy (non-hydrogen) atoms. The maximum Gasteiger partial charge on any atom is 0.149 e. The number of carbonyl (C=O) groups is 2. The number of fused-ring (bicyclic) bond motifs is 1. The molecule has 1 N–H and O–H groups in total. The van der Waals surface area contributed by atoms with Crippen LogP contribution in [0.1, 0.15) is 43.9 Å². The second kappa shape index (κ2) is 7.12. The van der Waals surface area contributed by atoms with Crippen molar-refractivity contribution >= 4 is 28.2 Å². The molecule has 1 heterocycles. The smallest absolute Gasteiger partial charge is 0.149 e. The van der Waals surface area contributed by atoms with Crippen LogP contribution in [0.4, 0.5) is 0 Å². The molecule has 4 heteroatoms. The number of aliphatic imine (C=N–C) groups is 1. The first kappa shape index (κ1) is 16.6. The SMILES string of the molecule is CCC(=O)[C@@H]1C(=O)CCCC1=NCCc1c(C)[nH]c2ccccc12. The van der Waals surface area contributed by atoms with E-state index in [-0.39, 0.29) is 11.6 Å². The number of hydrogen-bond acceptors (Lipinski definition) is 3. The first-order valence-electron chi connectivity index (χ1n) is 8.76. The number of benzene rings is 1. The Labute approximate surface area is 142 Å². The Morgan fingerprint density at radius 3 is 2.88 bits per heavy atom. The number of Topliss-reactive ketones (excluding diaryl/α,β-unsaturated/α-hetero) is 2. The van der Waals surface area contributed by atoms with Gasteiger partial charge in [-0.2, -0.15) is 0 Å². The largest absolute Gasteiger partial charge is 0.358 e. The molecule has 0 aliphatic heterocycles. The van der Waals surface area contributed by atoms with Crippen LogP contribution in [-0.4, -0.2) is 28.8 Å². The summed E-state index contributed by atoms with van der Waals surface area (Å²) in [5.41, 5.74) is 4.38. The number of rotatable bonds is 5. The van der Waals surface area contributed by atoms with E-state index in [4.69, 9.17) is 0 Å². The Morgan fingerprint density at radius 2 is 2.08 bits per heavy atom. The van der Waals surface area contributed by atoms with E-state index in [0.29, 0.717) is 19.4 Å². The topological polar surface area (TPSA) is 62.3 Å². The van der Waals surface area contributed by atoms with Gasteiger partial charge in [-0.1, -0.05) is 25.1 Å². The number of aromatic nitrogens is 1. The van der Waals surface area contributed by atoms with Crippen molar-refractivity contribution in [3.63, 3.8) is 0 Å². The third kappa shape index (κ3) is 3.18. The fraction of sp³-hybridized carbons (Fsp3) is 0.450. The minimum atomic E-state index is -0.576. The number of para-hydroxylation sites is 1. The third-order valence-corrected chi connectivity index (χ3v) is 4.89. The molecule has 0 unspecified atom stereocenters. The number of nitrogens with zero attached hydrogens (tertiary/aromatic N) is 1. The molecule has 1 atom stereocenters. The van der Waals surface area contributed by atoms with Crippen LogP contribution in [0.25, 0.3) is 10.9 Å². The van der Waals surface area contributed by atoms with Gasteiger partial charge in [0.1, 0.15) is 17.5 Å². The van der Waals surface area contributed by atoms with Crippen LogP contribution < -0.4 is 0 Å². The molecule has 0 saturated heterocycles. The fourth-order valence-corrected chi connectivity index (χ4v) is 3.63. The Hall–Kier alpha value is -2.23. The van der Waals surface area contributed by atoms with E-state index in [2.05, 4.69) is 29.0 Å². The first-order chi connectivity index (χ1) is 11.6. The van der Waals surface area contributed by atoms with Gasteiger partial charge >= 0.3 is 0 Å². The number of aromatic amines is 1. The second-order valence-electron chi connectivity index (χ2n) is 6.47. The highest BCUT2D eigenvalue weighted by atomic mass is 16.1. The zero-order valence-corrected chi connectivity index (χ0v) is 14.4. The molecule has 3 rings (SSSR count). The second-order valence-corrected chi connectivity index (χ2v) is 6.47. The molecule has 1 fully saturated rings. The van der Waals surface area contributed by atoms with E-state index in [1.807, 2.05) is 19.1 Å². The molecule has 0 bridgehead atoms. The third-order valence-electron chi connectivity index (χ3n) is 4.89. The molecule has 0 radical (unpaired) electrons. The van der Waals surface area contributed by atoms with Gasteiger partial charge in [-0.15, -0.1) is 0 Å². The van der Waals surface area contributed by atoms with Gasteiger partial charge in [0.15, 0.2) is 0 Å². The van der Waals surface area contributed by atoms with Gasteiger partial charge in [-0.3, -0.25) is 14.6 Å². The van der Waals surface area contributed by atoms with E-state index in [1.54, 1.807) is 0 Å². The summed E-state index contributed by atoms with van der Waals surface area (Å²) in [5, 5.41) is 1.23. The van der Waals surface area contributed by atoms with E-state index < -0.39 is 5.92 Å². The monoisotopic (exact) mass is 324 g/mol. The Bertz CT molecular complexity index is 793. The highest BCUT2D eigenvalue weighted by Gasteiger charge is 2.32. The quantitative estimate of drug-likeness (QED) is 0.850. The van der Waals surface area contributed by atoms with Gasteiger partial charge in [-0.25, -0.2) is 0 Å². The van der Waals surface area contributed by atoms with E-state index >= 15 is 0 Å². The molecule has 1 aliphatic carbocycles. The summed E-state index contributed by atoms with van der Waals surface area (Å²) in [5.74, 6) is -0.510. The first-order valence-corrected chi connectivity index (χ1v) is 8.76. The van der Waals surface area contributed by atoms with Gasteiger partial charge in [0, 0.05) is 41.7 Å². The lowest BCUT2D eigenvalue weighted by Crippen LogP contribution is -2.35. The van der Waals surface area contributed by atoms with Gasteiger partial charge in [0.05, 0.1) is 0 Å². The van der Waals surface area contributed by atoms with Crippen LogP contribution in [0.5, 0.6) is 0 Å². The number of H-pyrrole nitrogens is 1. The zero-order valence-electron chi connectivity index (χ0n) is 14.4. The average molecular weight is 324 g/mol. The molecule has 126 valence electrons. The Kier molecular flexibility index (Phi) is 4.93. The van der Waals surface area contributed by atoms with Gasteiger partial charge in [0.2, 0.25) is 0 Å². The molecule has 1 aromatic heterocycles. The Balaban J connectivity index is 1.78. The summed E-state index contributed by atoms with van der Waals surface area (Å²) in [7, 11) is 0. The van der Waals surface area contributed by atoms with Crippen molar-refractivity contribution in [2.75, 3.05) is 6.54 Å². The summed E-state index contributed by atoms with van der Waals surface area (Å²) in [4.78, 5) is 32.3. The lowest BCUT2D eigenvalue weighted by molar-refractivity contribution is -0.130. The summed E-state index contributed by atoms with van der Waals surface area (Å²) in [6.45, 7) is 4.52. The van der Waals surface area contributed by atoms with Crippen molar-refractivity contribution < 1.29 is 9.59 Å². The van der Waals surface area contributed by atoms with Crippen LogP contribution in [-0.2, 0) is 16.0 Å². The van der Waals surface area contributed by atoms with Crippen molar-refractivity contribution in [1.29, 1.82) is 0 Å². The summed E-state index contributed by atoms with van der Waals surface area (Å²) in [6.07, 6.45) is 3.32. The molecule has 1 aliphatic rings. The average Bonchev–Trinajstić information content (AvgIpc) is 2.90. The van der Waals surface area contributed by atoms with Gasteiger partial charge in [-0.05, 0) is 37.8 Å². The molecule has 1 aromatic carbocycles. The number of nitrogens with one attached hydrogen (secondary N) is 1. The van der Waals surface area contributed by atoms with Crippen molar-refractivity contribution in [2.45, 2.75) is 46.0 Å². The predicted molar refractivity (Wildman–Crippen MR) is 96.7 cm³/mol. The van der Waals surface area contributed by atoms with Crippen molar-refractivity contribution in [2.24, 2.45) is 10.9 Å². The fourth-order valence-electron chi connectivity index (χ4n) is 3.63. The van der Waals surface area contributed by atoms with Crippen molar-refractivity contribution in [3.05, 3.63) is 35.5 Å². The maximum atomic E-state index is 12.1. The minimum Gasteiger partial charge on any atom is -0.358 e. The van der Waals surface area contributed by atoms with Crippen LogP contribution in [0.3, 0.4) is 0 Å². The lowest BCUT2D eigenvalue weighted by Gasteiger charge is -2.21. The molecular weight excluding hydrogens is 300 g/mol. The summed E-state index contributed by atoms with van der Waals surface area (Å²) >= 11 is 0. The van der Waals surface area contributed by atoms with Crippen LogP contribution >= 0.6 is 0 Å². The molecule has 1 saturated carbocycles. The minimum absolute atomic E-state index is 0.0155. The normalized spacial score (nSPS) is 20.0. The number of aryl methyl sites for hydroxylation is 1. The van der Waals surface area contributed by atoms with Crippen molar-refractivity contribution in [3.8, 4) is 0 Å². The highest BCUT2D eigenvalue weighted by molar-refractivity contribution is 6.22. The van der Waals surface area contributed by atoms with Crippen LogP contribution in [0.2, 0.25) is 0 Å². The van der Waals surface area contributed by atoms with E-state index in [0.717, 1.165) is 36.2 Å². The van der Waals surface area contributed by atoms with Gasteiger partial charge < -0.3 is 4.98 Å². The molecule has 2 aromatic rings. The zero-order chi connectivity index (χ0) is 17.1. The predicted octanol–water partition coefficient (Wildman–Crippen LogP) is 3.81. The lowest BCUT2D eigenvalue weighted by atomic mass is 9.82. The highest BCUT2D eigenvalue weighted by Crippen LogP contribution is 2.24. The molecular formula is C20H24N2O2. The number of carbonyl (C=O) groups excluding carboxylic acids is 2. The van der Waals surface area contributed by atoms with Crippen LogP contribution in [0.15, 0.2) is 29.3 Å². The molecule has 4 nitrogen and oxygen atoms in total. The Morgan fingerprint density at radius 1 is 1.29 bits per heavy atom. The summed E-state index contributed by atoms with van der Waals surface area (Å²) < 4.78 is 0. The van der Waals surface area contributed by atoms with E-state index in [1.165, 1.54) is 10.9 Å². The molecule has 0 amide bonds. The number of ketones is 2. The van der Waals surface area contributed by atoms with Crippen LogP contribution in [0, 0.1) is 12.8 Å². The standard InChI is InChI=1S/C20H24N2O2/c1-3-18(23)20-17(9-6-10-19(20)24)21-12-11-14-13(2)22-16-8-5-4-7-15(14)16/h4-5,7-8,20,22H,3,6,9-12H2,1-2H3/t20-/m1/s1. The maximum absolute atomic E-state index is 12.1. The molecule has 0 spiro atoms. The van der Waals surface area contributed by atoms with E-state index in [9.17, 15) is 9.59 Å². The van der Waals surface area contributed by atoms with Gasteiger partial charge in [0.25, 0.3) is 0 Å². The number of hydrogen-bond donors (Lipinski definition) is 1. The summed E-state index contributed by atoms with van der Waals surface area (Å²) in [6, 6.07) is 8.26.